The van der Waals surface area contributed by atoms with E-state index in [2.05, 4.69) is 46.6 Å². The van der Waals surface area contributed by atoms with Gasteiger partial charge in [0.15, 0.2) is 19.4 Å². The summed E-state index contributed by atoms with van der Waals surface area (Å²) in [6.07, 6.45) is 3.00. The highest BCUT2D eigenvalue weighted by atomic mass is 29.3. The van der Waals surface area contributed by atoms with E-state index in [0.29, 0.717) is 29.2 Å². The van der Waals surface area contributed by atoms with E-state index in [4.69, 9.17) is 9.16 Å². The van der Waals surface area contributed by atoms with Crippen molar-refractivity contribution >= 4 is 27.0 Å². The van der Waals surface area contributed by atoms with Crippen molar-refractivity contribution in [1.29, 1.82) is 0 Å². The number of hydrogen-bond acceptors (Lipinski definition) is 4. The number of ketones is 2. The zero-order valence-electron chi connectivity index (χ0n) is 27.1. The summed E-state index contributed by atoms with van der Waals surface area (Å²) in [7, 11) is -3.54. The van der Waals surface area contributed by atoms with E-state index in [1.54, 1.807) is 0 Å². The molecule has 3 aromatic carbocycles. The normalized spacial score (nSPS) is 13.9. The molecule has 0 saturated heterocycles. The summed E-state index contributed by atoms with van der Waals surface area (Å²) < 4.78 is 13.2. The molecule has 0 spiro atoms. The monoisotopic (exact) mass is 602 g/mol. The smallest absolute Gasteiger partial charge is 0.193 e. The minimum absolute atomic E-state index is 0.00155. The van der Waals surface area contributed by atoms with Crippen molar-refractivity contribution < 1.29 is 18.8 Å². The Morgan fingerprint density at radius 1 is 0.738 bits per heavy atom. The molecule has 0 aliphatic carbocycles. The van der Waals surface area contributed by atoms with Crippen LogP contribution in [0.3, 0.4) is 0 Å². The molecule has 2 unspecified atom stereocenters. The zero-order valence-corrected chi connectivity index (χ0v) is 29.1. The molecule has 0 saturated carbocycles. The maximum Gasteiger partial charge on any atom is 0.193 e. The van der Waals surface area contributed by atoms with Gasteiger partial charge in [0.25, 0.3) is 0 Å². The van der Waals surface area contributed by atoms with Crippen LogP contribution in [-0.2, 0) is 9.16 Å². The van der Waals surface area contributed by atoms with Crippen LogP contribution in [0.1, 0.15) is 90.5 Å². The van der Waals surface area contributed by atoms with Gasteiger partial charge in [0.1, 0.15) is 11.7 Å². The highest BCUT2D eigenvalue weighted by molar-refractivity contribution is 7.37. The third-order valence-corrected chi connectivity index (χ3v) is 24.4. The minimum Gasteiger partial charge on any atom is -0.408 e. The summed E-state index contributed by atoms with van der Waals surface area (Å²) in [6.45, 7) is 20.3. The van der Waals surface area contributed by atoms with Crippen LogP contribution in [0.2, 0.25) is 32.7 Å². The highest BCUT2D eigenvalue weighted by Gasteiger charge is 2.45. The minimum atomic E-state index is -2.00. The molecule has 2 atom stereocenters. The standard InChI is InChI=1S/C36H50O4Si2/c1-10-15-27(11-2)26-39-34(30-20-18-29(19-21-30)33(37)28-16-13-12-14-17-28)31-22-24-32(25-23-31)35(38)36(3,4)40-42(8,9)41(5,6)7/h12-14,16-25,27,34H,10-11,15,26H2,1-9H3. The fourth-order valence-electron chi connectivity index (χ4n) is 4.99. The number of Topliss-reactive ketones (excluding diaryl/α,β-unsaturated/α-hetero) is 1. The maximum atomic E-state index is 13.6. The van der Waals surface area contributed by atoms with Gasteiger partial charge in [0.05, 0.1) is 14.2 Å². The molecule has 0 aliphatic rings. The van der Waals surface area contributed by atoms with Gasteiger partial charge in [-0.1, -0.05) is 125 Å². The van der Waals surface area contributed by atoms with Gasteiger partial charge >= 0.3 is 0 Å². The summed E-state index contributed by atoms with van der Waals surface area (Å²) in [5.41, 5.74) is 3.04. The van der Waals surface area contributed by atoms with Crippen LogP contribution >= 0.6 is 0 Å². The molecule has 0 aromatic heterocycles. The third-order valence-electron chi connectivity index (χ3n) is 8.62. The number of ether oxygens (including phenoxy) is 1. The first-order valence-corrected chi connectivity index (χ1v) is 22.8. The zero-order chi connectivity index (χ0) is 31.1. The maximum absolute atomic E-state index is 13.6. The topological polar surface area (TPSA) is 52.6 Å². The van der Waals surface area contributed by atoms with E-state index in [-0.39, 0.29) is 17.7 Å². The molecule has 3 rings (SSSR count). The predicted octanol–water partition coefficient (Wildman–Crippen LogP) is 9.45. The number of hydrogen-bond donors (Lipinski definition) is 0. The number of carbonyl (C=O) groups excluding carboxylic acids is 2. The van der Waals surface area contributed by atoms with E-state index in [9.17, 15) is 9.59 Å². The molecule has 3 aromatic rings. The summed E-state index contributed by atoms with van der Waals surface area (Å²) in [5, 5.41) is 0. The van der Waals surface area contributed by atoms with E-state index in [1.165, 1.54) is 0 Å². The molecule has 4 nitrogen and oxygen atoms in total. The average Bonchev–Trinajstić information content (AvgIpc) is 2.96. The Morgan fingerprint density at radius 3 is 1.71 bits per heavy atom. The van der Waals surface area contributed by atoms with Crippen molar-refractivity contribution in [3.63, 3.8) is 0 Å². The van der Waals surface area contributed by atoms with E-state index < -0.39 is 21.0 Å². The molecule has 0 heterocycles. The lowest BCUT2D eigenvalue weighted by molar-refractivity contribution is 0.0483. The molecular weight excluding hydrogens is 553 g/mol. The highest BCUT2D eigenvalue weighted by Crippen LogP contribution is 2.31. The molecule has 0 amide bonds. The lowest BCUT2D eigenvalue weighted by atomic mass is 9.93. The van der Waals surface area contributed by atoms with E-state index >= 15 is 0 Å². The van der Waals surface area contributed by atoms with Gasteiger partial charge in [-0.2, -0.15) is 0 Å². The van der Waals surface area contributed by atoms with Crippen molar-refractivity contribution in [3.8, 4) is 0 Å². The lowest BCUT2D eigenvalue weighted by Crippen LogP contribution is -2.59. The lowest BCUT2D eigenvalue weighted by Gasteiger charge is -2.41. The molecule has 0 radical (unpaired) electrons. The first kappa shape index (κ1) is 33.9. The number of rotatable bonds is 15. The van der Waals surface area contributed by atoms with Crippen molar-refractivity contribution in [1.82, 2.24) is 0 Å². The van der Waals surface area contributed by atoms with E-state index in [1.807, 2.05) is 92.7 Å². The van der Waals surface area contributed by atoms with Crippen LogP contribution in [0.15, 0.2) is 78.9 Å². The van der Waals surface area contributed by atoms with Crippen LogP contribution in [0, 0.1) is 5.92 Å². The molecule has 0 bridgehead atoms. The van der Waals surface area contributed by atoms with E-state index in [0.717, 1.165) is 30.4 Å². The fourth-order valence-corrected chi connectivity index (χ4v) is 8.35. The Morgan fingerprint density at radius 2 is 1.24 bits per heavy atom. The van der Waals surface area contributed by atoms with Crippen molar-refractivity contribution in [2.75, 3.05) is 6.61 Å². The Balaban J connectivity index is 1.88. The molecule has 42 heavy (non-hydrogen) atoms. The Labute approximate surface area is 255 Å². The Hall–Kier alpha value is -2.65. The first-order valence-electron chi connectivity index (χ1n) is 15.4. The van der Waals surface area contributed by atoms with Crippen molar-refractivity contribution in [2.24, 2.45) is 5.92 Å². The molecular formula is C36H50O4Si2. The first-order chi connectivity index (χ1) is 19.7. The number of carbonyl (C=O) groups is 2. The second-order valence-electron chi connectivity index (χ2n) is 13.4. The van der Waals surface area contributed by atoms with Crippen LogP contribution in [-0.4, -0.2) is 39.2 Å². The summed E-state index contributed by atoms with van der Waals surface area (Å²) >= 11 is 0. The van der Waals surface area contributed by atoms with Crippen LogP contribution < -0.4 is 0 Å². The van der Waals surface area contributed by atoms with Gasteiger partial charge in [0.2, 0.25) is 0 Å². The predicted molar refractivity (Wildman–Crippen MR) is 180 cm³/mol. The second-order valence-corrected chi connectivity index (χ2v) is 29.3. The van der Waals surface area contributed by atoms with Gasteiger partial charge in [-0.05, 0) is 50.4 Å². The summed E-state index contributed by atoms with van der Waals surface area (Å²) in [6, 6.07) is 24.9. The second kappa shape index (κ2) is 14.2. The Kier molecular flexibility index (Phi) is 11.5. The van der Waals surface area contributed by atoms with Crippen LogP contribution in [0.4, 0.5) is 0 Å². The van der Waals surface area contributed by atoms with Crippen molar-refractivity contribution in [2.45, 2.75) is 91.4 Å². The third kappa shape index (κ3) is 8.47. The molecule has 0 fully saturated rings. The molecule has 6 heteroatoms. The fraction of sp³-hybridized carbons (Fsp3) is 0.444. The van der Waals surface area contributed by atoms with Crippen LogP contribution in [0.5, 0.6) is 0 Å². The van der Waals surface area contributed by atoms with Gasteiger partial charge in [0, 0.05) is 16.7 Å². The van der Waals surface area contributed by atoms with Gasteiger partial charge in [-0.25, -0.2) is 0 Å². The van der Waals surface area contributed by atoms with Gasteiger partial charge in [-0.3, -0.25) is 9.59 Å². The summed E-state index contributed by atoms with van der Waals surface area (Å²) in [5.74, 6) is 0.485. The summed E-state index contributed by atoms with van der Waals surface area (Å²) in [4.78, 5) is 26.6. The van der Waals surface area contributed by atoms with Gasteiger partial charge < -0.3 is 9.16 Å². The average molecular weight is 603 g/mol. The molecule has 226 valence electrons. The van der Waals surface area contributed by atoms with Crippen molar-refractivity contribution in [3.05, 3.63) is 107 Å². The molecule has 0 aliphatic heterocycles. The Bertz CT molecular complexity index is 1310. The largest absolute Gasteiger partial charge is 0.408 e. The van der Waals surface area contributed by atoms with Crippen LogP contribution in [0.25, 0.3) is 0 Å². The molecule has 0 N–H and O–H groups in total. The quantitative estimate of drug-likeness (QED) is 0.128. The SMILES string of the molecule is CCCC(CC)COC(c1ccc(C(=O)c2ccccc2)cc1)c1ccc(C(=O)C(C)(C)O[Si](C)(C)[Si](C)(C)C)cc1. The number of benzene rings is 3. The van der Waals surface area contributed by atoms with Gasteiger partial charge in [-0.15, -0.1) is 0 Å².